The van der Waals surface area contributed by atoms with Crippen LogP contribution in [0.25, 0.3) is 0 Å². The molecule has 1 N–H and O–H groups in total. The molecule has 0 spiro atoms. The molecule has 1 atom stereocenters. The Bertz CT molecular complexity index is 347. The average Bonchev–Trinajstić information content (AvgIpc) is 2.68. The number of ether oxygens (including phenoxy) is 1. The molecule has 1 saturated carbocycles. The van der Waals surface area contributed by atoms with Crippen LogP contribution in [0.1, 0.15) is 38.0 Å². The first kappa shape index (κ1) is 13.1. The second-order valence-corrected chi connectivity index (χ2v) is 5.42. The molecule has 0 aliphatic heterocycles. The molecular weight excluding hydrogens is 282 g/mol. The zero-order valence-electron chi connectivity index (χ0n) is 10.4. The predicted molar refractivity (Wildman–Crippen MR) is 71.0 cm³/mol. The van der Waals surface area contributed by atoms with Crippen LogP contribution in [0.2, 0.25) is 0 Å². The maximum absolute atomic E-state index is 5.60. The maximum Gasteiger partial charge on any atom is 0.169 e. The van der Waals surface area contributed by atoms with Crippen molar-refractivity contribution in [1.29, 1.82) is 0 Å². The summed E-state index contributed by atoms with van der Waals surface area (Å²) in [6.07, 6.45) is 3.99. The lowest BCUT2D eigenvalue weighted by atomic mass is 9.78. The van der Waals surface area contributed by atoms with Crippen molar-refractivity contribution in [3.63, 3.8) is 0 Å². The molecule has 1 aliphatic rings. The smallest absolute Gasteiger partial charge is 0.169 e. The maximum atomic E-state index is 5.60. The zero-order valence-corrected chi connectivity index (χ0v) is 12.0. The Kier molecular flexibility index (Phi) is 4.65. The summed E-state index contributed by atoms with van der Waals surface area (Å²) >= 11 is 3.34. The third-order valence-corrected chi connectivity index (χ3v) is 3.88. The third kappa shape index (κ3) is 3.33. The van der Waals surface area contributed by atoms with Crippen LogP contribution in [-0.4, -0.2) is 19.8 Å². The minimum absolute atomic E-state index is 0.314. The second-order valence-electron chi connectivity index (χ2n) is 4.63. The van der Waals surface area contributed by atoms with Crippen LogP contribution in [0.4, 0.5) is 0 Å². The van der Waals surface area contributed by atoms with E-state index in [9.17, 15) is 0 Å². The van der Waals surface area contributed by atoms with E-state index in [2.05, 4.69) is 28.2 Å². The Balaban J connectivity index is 1.81. The summed E-state index contributed by atoms with van der Waals surface area (Å²) in [5, 5.41) is 3.32. The highest BCUT2D eigenvalue weighted by molar-refractivity contribution is 9.10. The Morgan fingerprint density at radius 3 is 2.82 bits per heavy atom. The van der Waals surface area contributed by atoms with Gasteiger partial charge >= 0.3 is 0 Å². The number of rotatable bonds is 6. The summed E-state index contributed by atoms with van der Waals surface area (Å²) < 4.78 is 12.0. The van der Waals surface area contributed by atoms with Gasteiger partial charge < -0.3 is 14.5 Å². The van der Waals surface area contributed by atoms with Gasteiger partial charge in [0.1, 0.15) is 5.76 Å². The van der Waals surface area contributed by atoms with Crippen LogP contribution >= 0.6 is 15.9 Å². The molecule has 1 aromatic heterocycles. The minimum atomic E-state index is 0.314. The van der Waals surface area contributed by atoms with Crippen LogP contribution in [-0.2, 0) is 4.74 Å². The van der Waals surface area contributed by atoms with E-state index in [4.69, 9.17) is 9.15 Å². The predicted octanol–water partition coefficient (Wildman–Crippen LogP) is 3.51. The van der Waals surface area contributed by atoms with Crippen molar-refractivity contribution >= 4 is 15.9 Å². The van der Waals surface area contributed by atoms with E-state index < -0.39 is 0 Å². The first-order valence-electron chi connectivity index (χ1n) is 6.27. The van der Waals surface area contributed by atoms with Gasteiger partial charge in [-0.05, 0) is 67.2 Å². The number of hydrogen-bond acceptors (Lipinski definition) is 3. The van der Waals surface area contributed by atoms with E-state index >= 15 is 0 Å². The summed E-state index contributed by atoms with van der Waals surface area (Å²) in [7, 11) is 1.99. The second kappa shape index (κ2) is 6.03. The van der Waals surface area contributed by atoms with E-state index in [-0.39, 0.29) is 0 Å². The van der Waals surface area contributed by atoms with E-state index in [1.54, 1.807) is 0 Å². The highest BCUT2D eigenvalue weighted by atomic mass is 79.9. The van der Waals surface area contributed by atoms with Crippen molar-refractivity contribution < 1.29 is 9.15 Å². The van der Waals surface area contributed by atoms with E-state index in [1.165, 1.54) is 12.8 Å². The Hall–Kier alpha value is -0.320. The van der Waals surface area contributed by atoms with E-state index in [0.29, 0.717) is 12.1 Å². The minimum Gasteiger partial charge on any atom is -0.453 e. The molecule has 0 aromatic carbocycles. The van der Waals surface area contributed by atoms with Crippen molar-refractivity contribution in [3.8, 4) is 0 Å². The first-order chi connectivity index (χ1) is 8.22. The lowest BCUT2D eigenvalue weighted by molar-refractivity contribution is -0.0295. The lowest BCUT2D eigenvalue weighted by Crippen LogP contribution is -2.34. The largest absolute Gasteiger partial charge is 0.453 e. The summed E-state index contributed by atoms with van der Waals surface area (Å²) in [4.78, 5) is 0. The van der Waals surface area contributed by atoms with Crippen LogP contribution < -0.4 is 5.32 Å². The molecule has 1 unspecified atom stereocenters. The van der Waals surface area contributed by atoms with Gasteiger partial charge in [-0.1, -0.05) is 0 Å². The fourth-order valence-electron chi connectivity index (χ4n) is 2.46. The van der Waals surface area contributed by atoms with Gasteiger partial charge in [0.05, 0.1) is 12.1 Å². The quantitative estimate of drug-likeness (QED) is 0.873. The molecule has 0 radical (unpaired) electrons. The van der Waals surface area contributed by atoms with Crippen molar-refractivity contribution in [2.75, 3.05) is 13.7 Å². The number of halogens is 1. The summed E-state index contributed by atoms with van der Waals surface area (Å²) in [6.45, 7) is 2.89. The fraction of sp³-hybridized carbons (Fsp3) is 0.692. The van der Waals surface area contributed by atoms with Gasteiger partial charge in [-0.3, -0.25) is 0 Å². The van der Waals surface area contributed by atoms with Crippen LogP contribution in [0.3, 0.4) is 0 Å². The number of furan rings is 1. The van der Waals surface area contributed by atoms with Crippen molar-refractivity contribution in [2.45, 2.75) is 38.3 Å². The summed E-state index contributed by atoms with van der Waals surface area (Å²) in [5.74, 6) is 1.77. The van der Waals surface area contributed by atoms with Gasteiger partial charge in [-0.2, -0.15) is 0 Å². The van der Waals surface area contributed by atoms with Crippen molar-refractivity contribution in [2.24, 2.45) is 5.92 Å². The molecule has 0 saturated heterocycles. The van der Waals surface area contributed by atoms with Crippen molar-refractivity contribution in [3.05, 3.63) is 22.6 Å². The first-order valence-corrected chi connectivity index (χ1v) is 7.06. The number of nitrogens with one attached hydrogen (secondary N) is 1. The Morgan fingerprint density at radius 2 is 2.29 bits per heavy atom. The third-order valence-electron chi connectivity index (χ3n) is 3.45. The van der Waals surface area contributed by atoms with Crippen molar-refractivity contribution in [1.82, 2.24) is 5.32 Å². The molecule has 1 aromatic rings. The SMILES string of the molecule is CCOC1CC(CC(NC)c2ccc(Br)o2)C1. The molecule has 0 bridgehead atoms. The summed E-state index contributed by atoms with van der Waals surface area (Å²) in [5.41, 5.74) is 0. The van der Waals surface area contributed by atoms with Crippen LogP contribution in [0, 0.1) is 5.92 Å². The van der Waals surface area contributed by atoms with E-state index in [0.717, 1.165) is 29.4 Å². The molecule has 3 nitrogen and oxygen atoms in total. The molecule has 1 fully saturated rings. The van der Waals surface area contributed by atoms with Gasteiger partial charge in [0.15, 0.2) is 4.67 Å². The molecule has 96 valence electrons. The van der Waals surface area contributed by atoms with E-state index in [1.807, 2.05) is 19.2 Å². The molecule has 2 rings (SSSR count). The average molecular weight is 302 g/mol. The highest BCUT2D eigenvalue weighted by Gasteiger charge is 2.32. The fourth-order valence-corrected chi connectivity index (χ4v) is 2.78. The molecule has 17 heavy (non-hydrogen) atoms. The zero-order chi connectivity index (χ0) is 12.3. The highest BCUT2D eigenvalue weighted by Crippen LogP contribution is 2.37. The normalized spacial score (nSPS) is 25.6. The van der Waals surface area contributed by atoms with Gasteiger partial charge in [-0.15, -0.1) is 0 Å². The Morgan fingerprint density at radius 1 is 1.53 bits per heavy atom. The molecule has 4 heteroatoms. The molecule has 1 heterocycles. The van der Waals surface area contributed by atoms with Crippen LogP contribution in [0.15, 0.2) is 21.2 Å². The monoisotopic (exact) mass is 301 g/mol. The molecule has 1 aliphatic carbocycles. The lowest BCUT2D eigenvalue weighted by Gasteiger charge is -2.36. The van der Waals surface area contributed by atoms with Gasteiger partial charge in [0.2, 0.25) is 0 Å². The molecule has 0 amide bonds. The van der Waals surface area contributed by atoms with Crippen LogP contribution in [0.5, 0.6) is 0 Å². The van der Waals surface area contributed by atoms with Gasteiger partial charge in [0.25, 0.3) is 0 Å². The van der Waals surface area contributed by atoms with Gasteiger partial charge in [-0.25, -0.2) is 0 Å². The molecular formula is C13H20BrNO2. The summed E-state index contributed by atoms with van der Waals surface area (Å²) in [6, 6.07) is 4.29. The topological polar surface area (TPSA) is 34.4 Å². The Labute approximate surface area is 111 Å². The standard InChI is InChI=1S/C13H20BrNO2/c1-3-16-10-6-9(7-10)8-11(15-2)12-4-5-13(14)17-12/h4-5,9-11,15H,3,6-8H2,1-2H3. The van der Waals surface area contributed by atoms with Gasteiger partial charge in [0, 0.05) is 6.61 Å². The number of hydrogen-bond donors (Lipinski definition) is 1.